The molecule has 0 saturated carbocycles. The van der Waals surface area contributed by atoms with Gasteiger partial charge in [-0.2, -0.15) is 0 Å². The molecule has 0 fully saturated rings. The lowest BCUT2D eigenvalue weighted by atomic mass is 9.96. The van der Waals surface area contributed by atoms with Gasteiger partial charge in [-0.25, -0.2) is 0 Å². The molecule has 0 bridgehead atoms. The minimum Gasteiger partial charge on any atom is -0.497 e. The zero-order valence-electron chi connectivity index (χ0n) is 14.7. The molecule has 0 aliphatic heterocycles. The van der Waals surface area contributed by atoms with Crippen LogP contribution >= 0.6 is 0 Å². The number of ether oxygens (including phenoxy) is 1. The average Bonchev–Trinajstić information content (AvgIpc) is 2.63. The molecular formula is C21H22N2O2. The number of nitrogen functional groups attached to an aromatic ring is 1. The molecule has 1 unspecified atom stereocenters. The lowest BCUT2D eigenvalue weighted by molar-refractivity contribution is -0.117. The van der Waals surface area contributed by atoms with E-state index in [-0.39, 0.29) is 11.8 Å². The lowest BCUT2D eigenvalue weighted by Gasteiger charge is -2.15. The minimum atomic E-state index is -0.271. The van der Waals surface area contributed by atoms with Crippen LogP contribution in [-0.4, -0.2) is 13.0 Å². The first-order chi connectivity index (χ1) is 12.0. The maximum atomic E-state index is 12.6. The number of methoxy groups -OCH3 is 1. The summed E-state index contributed by atoms with van der Waals surface area (Å²) in [5, 5.41) is 5.14. The average molecular weight is 334 g/mol. The molecular weight excluding hydrogens is 312 g/mol. The van der Waals surface area contributed by atoms with E-state index in [4.69, 9.17) is 10.5 Å². The van der Waals surface area contributed by atoms with E-state index in [0.717, 1.165) is 33.3 Å². The van der Waals surface area contributed by atoms with Gasteiger partial charge in [0.15, 0.2) is 0 Å². The third-order valence-electron chi connectivity index (χ3n) is 4.48. The van der Waals surface area contributed by atoms with Crippen molar-refractivity contribution in [3.8, 4) is 5.75 Å². The molecule has 0 saturated heterocycles. The number of carbonyl (C=O) groups is 1. The Labute approximate surface area is 147 Å². The number of hydrogen-bond donors (Lipinski definition) is 2. The van der Waals surface area contributed by atoms with E-state index in [9.17, 15) is 4.79 Å². The van der Waals surface area contributed by atoms with Gasteiger partial charge in [0.05, 0.1) is 13.0 Å². The Hall–Kier alpha value is -3.01. The van der Waals surface area contributed by atoms with Crippen molar-refractivity contribution in [2.45, 2.75) is 19.8 Å². The quantitative estimate of drug-likeness (QED) is 0.691. The van der Waals surface area contributed by atoms with E-state index in [0.29, 0.717) is 5.69 Å². The van der Waals surface area contributed by atoms with Gasteiger partial charge in [0.2, 0.25) is 5.91 Å². The van der Waals surface area contributed by atoms with Crippen LogP contribution in [0.4, 0.5) is 11.4 Å². The summed E-state index contributed by atoms with van der Waals surface area (Å²) in [6.45, 7) is 3.85. The second-order valence-corrected chi connectivity index (χ2v) is 6.26. The summed E-state index contributed by atoms with van der Waals surface area (Å²) in [4.78, 5) is 12.6. The Bertz CT molecular complexity index is 934. The van der Waals surface area contributed by atoms with Crippen LogP contribution in [0.2, 0.25) is 0 Å². The Morgan fingerprint density at radius 3 is 2.52 bits per heavy atom. The summed E-state index contributed by atoms with van der Waals surface area (Å²) in [7, 11) is 1.65. The Balaban J connectivity index is 1.84. The van der Waals surface area contributed by atoms with Crippen LogP contribution in [-0.2, 0) is 4.79 Å². The molecule has 1 atom stereocenters. The van der Waals surface area contributed by atoms with Gasteiger partial charge in [-0.05, 0) is 60.0 Å². The Morgan fingerprint density at radius 1 is 1.04 bits per heavy atom. The van der Waals surface area contributed by atoms with E-state index in [1.807, 2.05) is 62.4 Å². The summed E-state index contributed by atoms with van der Waals surface area (Å²) < 4.78 is 5.25. The number of fused-ring (bicyclic) bond motifs is 1. The van der Waals surface area contributed by atoms with Gasteiger partial charge in [0.25, 0.3) is 0 Å². The van der Waals surface area contributed by atoms with Crippen molar-refractivity contribution in [1.82, 2.24) is 0 Å². The van der Waals surface area contributed by atoms with Crippen molar-refractivity contribution in [3.63, 3.8) is 0 Å². The molecule has 3 N–H and O–H groups in total. The van der Waals surface area contributed by atoms with Gasteiger partial charge in [0.1, 0.15) is 5.75 Å². The van der Waals surface area contributed by atoms with E-state index in [2.05, 4.69) is 5.32 Å². The molecule has 0 radical (unpaired) electrons. The number of aryl methyl sites for hydroxylation is 1. The molecule has 25 heavy (non-hydrogen) atoms. The molecule has 0 aliphatic carbocycles. The molecule has 0 aromatic heterocycles. The van der Waals surface area contributed by atoms with Crippen LogP contribution in [0.25, 0.3) is 10.8 Å². The monoisotopic (exact) mass is 334 g/mol. The van der Waals surface area contributed by atoms with Crippen LogP contribution in [0.1, 0.15) is 24.0 Å². The molecule has 3 aromatic rings. The molecule has 0 heterocycles. The maximum absolute atomic E-state index is 12.6. The van der Waals surface area contributed by atoms with Crippen LogP contribution in [0.15, 0.2) is 54.6 Å². The summed E-state index contributed by atoms with van der Waals surface area (Å²) in [5.41, 5.74) is 9.16. The molecule has 3 aromatic carbocycles. The number of amides is 1. The lowest BCUT2D eigenvalue weighted by Crippen LogP contribution is -2.19. The Morgan fingerprint density at radius 2 is 1.76 bits per heavy atom. The SMILES string of the molecule is COc1ccc2cc(C(C)C(=O)Nc3cc(N)ccc3C)ccc2c1. The number of rotatable bonds is 4. The van der Waals surface area contributed by atoms with Crippen molar-refractivity contribution in [2.24, 2.45) is 0 Å². The summed E-state index contributed by atoms with van der Waals surface area (Å²) in [5.74, 6) is 0.497. The fourth-order valence-electron chi connectivity index (χ4n) is 2.81. The predicted molar refractivity (Wildman–Crippen MR) is 103 cm³/mol. The van der Waals surface area contributed by atoms with Crippen molar-refractivity contribution in [2.75, 3.05) is 18.2 Å². The highest BCUT2D eigenvalue weighted by Gasteiger charge is 2.16. The fourth-order valence-corrected chi connectivity index (χ4v) is 2.81. The van der Waals surface area contributed by atoms with Crippen molar-refractivity contribution in [3.05, 3.63) is 65.7 Å². The molecule has 1 amide bonds. The van der Waals surface area contributed by atoms with E-state index in [1.165, 1.54) is 0 Å². The normalized spacial score (nSPS) is 12.0. The molecule has 0 spiro atoms. The van der Waals surface area contributed by atoms with Crippen molar-refractivity contribution >= 4 is 28.1 Å². The topological polar surface area (TPSA) is 64.3 Å². The van der Waals surface area contributed by atoms with Gasteiger partial charge in [0, 0.05) is 11.4 Å². The second kappa shape index (κ2) is 6.85. The fraction of sp³-hybridized carbons (Fsp3) is 0.190. The molecule has 0 aliphatic rings. The van der Waals surface area contributed by atoms with Crippen molar-refractivity contribution in [1.29, 1.82) is 0 Å². The molecule has 4 nitrogen and oxygen atoms in total. The number of nitrogens with two attached hydrogens (primary N) is 1. The van der Waals surface area contributed by atoms with Gasteiger partial charge < -0.3 is 15.8 Å². The van der Waals surface area contributed by atoms with Gasteiger partial charge in [-0.3, -0.25) is 4.79 Å². The predicted octanol–water partition coefficient (Wildman–Crippen LogP) is 4.48. The first kappa shape index (κ1) is 16.8. The van der Waals surface area contributed by atoms with Gasteiger partial charge in [-0.1, -0.05) is 30.3 Å². The third-order valence-corrected chi connectivity index (χ3v) is 4.48. The first-order valence-electron chi connectivity index (χ1n) is 8.22. The van der Waals surface area contributed by atoms with Crippen molar-refractivity contribution < 1.29 is 9.53 Å². The van der Waals surface area contributed by atoms with Gasteiger partial charge >= 0.3 is 0 Å². The number of carbonyl (C=O) groups excluding carboxylic acids is 1. The van der Waals surface area contributed by atoms with E-state index in [1.54, 1.807) is 13.2 Å². The molecule has 128 valence electrons. The smallest absolute Gasteiger partial charge is 0.231 e. The number of anilines is 2. The van der Waals surface area contributed by atoms with Crippen LogP contribution < -0.4 is 15.8 Å². The summed E-state index contributed by atoms with van der Waals surface area (Å²) in [6, 6.07) is 17.5. The zero-order valence-corrected chi connectivity index (χ0v) is 14.7. The highest BCUT2D eigenvalue weighted by atomic mass is 16.5. The highest BCUT2D eigenvalue weighted by Crippen LogP contribution is 2.26. The van der Waals surface area contributed by atoms with E-state index < -0.39 is 0 Å². The first-order valence-corrected chi connectivity index (χ1v) is 8.22. The molecule has 4 heteroatoms. The van der Waals surface area contributed by atoms with E-state index >= 15 is 0 Å². The second-order valence-electron chi connectivity index (χ2n) is 6.26. The number of nitrogens with one attached hydrogen (secondary N) is 1. The third kappa shape index (κ3) is 3.58. The minimum absolute atomic E-state index is 0.0541. The standard InChI is InChI=1S/C21H22N2O2/c1-13-4-8-18(22)12-20(13)23-21(24)14(2)15-5-6-17-11-19(25-3)9-7-16(17)10-15/h4-12,14H,22H2,1-3H3,(H,23,24). The van der Waals surface area contributed by atoms with Crippen LogP contribution in [0.5, 0.6) is 5.75 Å². The number of benzene rings is 3. The van der Waals surface area contributed by atoms with Crippen LogP contribution in [0, 0.1) is 6.92 Å². The largest absolute Gasteiger partial charge is 0.497 e. The van der Waals surface area contributed by atoms with Gasteiger partial charge in [-0.15, -0.1) is 0 Å². The van der Waals surface area contributed by atoms with Crippen LogP contribution in [0.3, 0.4) is 0 Å². The summed E-state index contributed by atoms with van der Waals surface area (Å²) >= 11 is 0. The zero-order chi connectivity index (χ0) is 18.0. The highest BCUT2D eigenvalue weighted by molar-refractivity contribution is 5.97. The number of hydrogen-bond acceptors (Lipinski definition) is 3. The molecule has 3 rings (SSSR count). The maximum Gasteiger partial charge on any atom is 0.231 e. The summed E-state index contributed by atoms with van der Waals surface area (Å²) in [6.07, 6.45) is 0. The Kier molecular flexibility index (Phi) is 4.61.